The first-order valence-electron chi connectivity index (χ1n) is 10.7. The number of ether oxygens (including phenoxy) is 1. The highest BCUT2D eigenvalue weighted by atomic mass is 19.1. The van der Waals surface area contributed by atoms with Crippen molar-refractivity contribution in [3.63, 3.8) is 0 Å². The smallest absolute Gasteiger partial charge is 0.337 e. The van der Waals surface area contributed by atoms with E-state index in [1.165, 1.54) is 24.4 Å². The highest BCUT2D eigenvalue weighted by Gasteiger charge is 2.26. The second-order valence-electron chi connectivity index (χ2n) is 8.61. The number of halogens is 1. The maximum atomic E-state index is 13.8. The van der Waals surface area contributed by atoms with Crippen molar-refractivity contribution in [1.29, 1.82) is 0 Å². The number of hydrogen-bond donors (Lipinski definition) is 1. The monoisotopic (exact) mass is 408 g/mol. The largest absolute Gasteiger partial charge is 0.465 e. The maximum Gasteiger partial charge on any atom is 0.337 e. The summed E-state index contributed by atoms with van der Waals surface area (Å²) in [5, 5.41) is 4.79. The van der Waals surface area contributed by atoms with Crippen LogP contribution in [0.25, 0.3) is 10.9 Å². The van der Waals surface area contributed by atoms with E-state index in [4.69, 9.17) is 4.74 Å². The van der Waals surface area contributed by atoms with E-state index in [1.807, 2.05) is 24.3 Å². The quantitative estimate of drug-likeness (QED) is 0.600. The Labute approximate surface area is 177 Å². The summed E-state index contributed by atoms with van der Waals surface area (Å²) in [7, 11) is 1.41. The van der Waals surface area contributed by atoms with E-state index in [0.717, 1.165) is 42.3 Å². The molecule has 1 atom stereocenters. The standard InChI is InChI=1S/C25H29FN2O2/c1-16(2)14-27-20-8-10-24-22(13-20)21-12-18(25(29)30-3)7-9-23(21)28(24)15-17-5-4-6-19(26)11-17/h4-7,9,11-12,16,20,27H,8,10,13-15H2,1-3H3/t20-/m1/s1. The van der Waals surface area contributed by atoms with E-state index in [-0.39, 0.29) is 11.8 Å². The lowest BCUT2D eigenvalue weighted by atomic mass is 9.90. The van der Waals surface area contributed by atoms with Gasteiger partial charge in [-0.3, -0.25) is 0 Å². The molecule has 4 rings (SSSR count). The maximum absolute atomic E-state index is 13.8. The molecule has 0 amide bonds. The fraction of sp³-hybridized carbons (Fsp3) is 0.400. The van der Waals surface area contributed by atoms with E-state index in [2.05, 4.69) is 23.7 Å². The van der Waals surface area contributed by atoms with Crippen LogP contribution in [0.5, 0.6) is 0 Å². The highest BCUT2D eigenvalue weighted by molar-refractivity contribution is 5.96. The van der Waals surface area contributed by atoms with Gasteiger partial charge in [0.2, 0.25) is 0 Å². The Morgan fingerprint density at radius 2 is 2.10 bits per heavy atom. The number of nitrogens with one attached hydrogen (secondary N) is 1. The van der Waals surface area contributed by atoms with Gasteiger partial charge in [0.1, 0.15) is 5.82 Å². The second kappa shape index (κ2) is 8.60. The number of nitrogens with zero attached hydrogens (tertiary/aromatic N) is 1. The molecule has 1 aliphatic carbocycles. The van der Waals surface area contributed by atoms with Crippen LogP contribution in [0.1, 0.15) is 47.4 Å². The van der Waals surface area contributed by atoms with E-state index >= 15 is 0 Å². The Hall–Kier alpha value is -2.66. The summed E-state index contributed by atoms with van der Waals surface area (Å²) in [6.45, 7) is 6.05. The molecule has 0 aliphatic heterocycles. The van der Waals surface area contributed by atoms with E-state index in [1.54, 1.807) is 12.1 Å². The predicted octanol–water partition coefficient (Wildman–Crippen LogP) is 4.72. The van der Waals surface area contributed by atoms with Crippen LogP contribution in [-0.4, -0.2) is 30.2 Å². The molecule has 0 fully saturated rings. The first-order chi connectivity index (χ1) is 14.5. The third-order valence-electron chi connectivity index (χ3n) is 5.93. The van der Waals surface area contributed by atoms with Gasteiger partial charge in [0.25, 0.3) is 0 Å². The number of benzene rings is 2. The summed E-state index contributed by atoms with van der Waals surface area (Å²) >= 11 is 0. The SMILES string of the molecule is COC(=O)c1ccc2c(c1)c1c(n2Cc2cccc(F)c2)CC[C@@H](NCC(C)C)C1. The van der Waals surface area contributed by atoms with Gasteiger partial charge in [-0.1, -0.05) is 26.0 Å². The van der Waals surface area contributed by atoms with Crippen LogP contribution in [0.15, 0.2) is 42.5 Å². The van der Waals surface area contributed by atoms with Crippen molar-refractivity contribution >= 4 is 16.9 Å². The van der Waals surface area contributed by atoms with Crippen molar-refractivity contribution < 1.29 is 13.9 Å². The third kappa shape index (κ3) is 4.12. The van der Waals surface area contributed by atoms with Crippen molar-refractivity contribution in [2.75, 3.05) is 13.7 Å². The first kappa shape index (κ1) is 20.6. The molecular weight excluding hydrogens is 379 g/mol. The number of fused-ring (bicyclic) bond motifs is 3. The summed E-state index contributed by atoms with van der Waals surface area (Å²) in [6.07, 6.45) is 2.96. The Bertz CT molecular complexity index is 1070. The van der Waals surface area contributed by atoms with Crippen molar-refractivity contribution in [2.24, 2.45) is 5.92 Å². The van der Waals surface area contributed by atoms with Gasteiger partial charge in [-0.25, -0.2) is 9.18 Å². The zero-order valence-corrected chi connectivity index (χ0v) is 17.9. The summed E-state index contributed by atoms with van der Waals surface area (Å²) < 4.78 is 21.0. The minimum atomic E-state index is -0.325. The van der Waals surface area contributed by atoms with Gasteiger partial charge in [-0.2, -0.15) is 0 Å². The minimum absolute atomic E-state index is 0.219. The molecule has 4 nitrogen and oxygen atoms in total. The fourth-order valence-electron chi connectivity index (χ4n) is 4.47. The molecule has 3 aromatic rings. The molecule has 0 saturated carbocycles. The van der Waals surface area contributed by atoms with Crippen LogP contribution in [0.4, 0.5) is 4.39 Å². The van der Waals surface area contributed by atoms with E-state index in [9.17, 15) is 9.18 Å². The predicted molar refractivity (Wildman–Crippen MR) is 117 cm³/mol. The van der Waals surface area contributed by atoms with Gasteiger partial charge >= 0.3 is 5.97 Å². The van der Waals surface area contributed by atoms with E-state index in [0.29, 0.717) is 24.1 Å². The fourth-order valence-corrected chi connectivity index (χ4v) is 4.47. The molecule has 1 N–H and O–H groups in total. The average molecular weight is 409 g/mol. The molecule has 0 spiro atoms. The van der Waals surface area contributed by atoms with Crippen LogP contribution >= 0.6 is 0 Å². The molecule has 158 valence electrons. The molecule has 2 aromatic carbocycles. The van der Waals surface area contributed by atoms with E-state index < -0.39 is 0 Å². The van der Waals surface area contributed by atoms with Gasteiger partial charge in [-0.05, 0) is 73.2 Å². The number of carbonyl (C=O) groups is 1. The summed E-state index contributed by atoms with van der Waals surface area (Å²) in [5.74, 6) is 0.0595. The number of methoxy groups -OCH3 is 1. The van der Waals surface area contributed by atoms with Crippen LogP contribution in [-0.2, 0) is 24.1 Å². The first-order valence-corrected chi connectivity index (χ1v) is 10.7. The molecule has 5 heteroatoms. The van der Waals surface area contributed by atoms with Crippen molar-refractivity contribution in [3.8, 4) is 0 Å². The van der Waals surface area contributed by atoms with Crippen molar-refractivity contribution in [3.05, 3.63) is 70.7 Å². The number of aromatic nitrogens is 1. The van der Waals surface area contributed by atoms with Gasteiger partial charge in [-0.15, -0.1) is 0 Å². The Morgan fingerprint density at radius 1 is 1.27 bits per heavy atom. The van der Waals surface area contributed by atoms with Gasteiger partial charge in [0.15, 0.2) is 0 Å². The molecule has 0 bridgehead atoms. The lowest BCUT2D eigenvalue weighted by molar-refractivity contribution is 0.0601. The van der Waals surface area contributed by atoms with Crippen LogP contribution < -0.4 is 5.32 Å². The van der Waals surface area contributed by atoms with Crippen molar-refractivity contribution in [2.45, 2.75) is 45.7 Å². The molecule has 1 heterocycles. The molecule has 1 aromatic heterocycles. The Balaban J connectivity index is 1.77. The van der Waals surface area contributed by atoms with Gasteiger partial charge in [0.05, 0.1) is 12.7 Å². The average Bonchev–Trinajstić information content (AvgIpc) is 3.04. The van der Waals surface area contributed by atoms with Crippen LogP contribution in [0, 0.1) is 11.7 Å². The molecular formula is C25H29FN2O2. The molecule has 0 saturated heterocycles. The van der Waals surface area contributed by atoms with Crippen LogP contribution in [0.2, 0.25) is 0 Å². The zero-order valence-electron chi connectivity index (χ0n) is 17.9. The zero-order chi connectivity index (χ0) is 21.3. The number of rotatable bonds is 6. The minimum Gasteiger partial charge on any atom is -0.465 e. The van der Waals surface area contributed by atoms with Gasteiger partial charge < -0.3 is 14.6 Å². The molecule has 0 unspecified atom stereocenters. The number of esters is 1. The number of hydrogen-bond acceptors (Lipinski definition) is 3. The van der Waals surface area contributed by atoms with Crippen molar-refractivity contribution in [1.82, 2.24) is 9.88 Å². The third-order valence-corrected chi connectivity index (χ3v) is 5.93. The lowest BCUT2D eigenvalue weighted by Crippen LogP contribution is -2.36. The van der Waals surface area contributed by atoms with Crippen LogP contribution in [0.3, 0.4) is 0 Å². The summed E-state index contributed by atoms with van der Waals surface area (Å²) in [4.78, 5) is 12.1. The summed E-state index contributed by atoms with van der Waals surface area (Å²) in [5.41, 5.74) is 5.17. The van der Waals surface area contributed by atoms with Gasteiger partial charge in [0, 0.05) is 29.2 Å². The normalized spacial score (nSPS) is 16.1. The summed E-state index contributed by atoms with van der Waals surface area (Å²) in [6, 6.07) is 13.0. The molecule has 0 radical (unpaired) electrons. The molecule has 1 aliphatic rings. The Morgan fingerprint density at radius 3 is 2.83 bits per heavy atom. The lowest BCUT2D eigenvalue weighted by Gasteiger charge is -2.26. The Kier molecular flexibility index (Phi) is 5.91. The topological polar surface area (TPSA) is 43.3 Å². The molecule has 30 heavy (non-hydrogen) atoms. The number of carbonyl (C=O) groups excluding carboxylic acids is 1. The second-order valence-corrected chi connectivity index (χ2v) is 8.61. The highest BCUT2D eigenvalue weighted by Crippen LogP contribution is 2.34.